The first-order valence-electron chi connectivity index (χ1n) is 11.4. The highest BCUT2D eigenvalue weighted by molar-refractivity contribution is 9.10. The highest BCUT2D eigenvalue weighted by Crippen LogP contribution is 2.47. The molecule has 7 heteroatoms. The molecule has 0 radical (unpaired) electrons. The van der Waals surface area contributed by atoms with Gasteiger partial charge in [-0.2, -0.15) is 0 Å². The van der Waals surface area contributed by atoms with Crippen molar-refractivity contribution in [3.8, 4) is 17.2 Å². The molecule has 0 spiro atoms. The number of Topliss-reactive ketones (excluding diaryl/α,β-unsaturated/α-hetero) is 1. The van der Waals surface area contributed by atoms with Crippen LogP contribution in [-0.2, 0) is 4.79 Å². The monoisotopic (exact) mass is 534 g/mol. The molecule has 5 rings (SSSR count). The first-order valence-corrected chi connectivity index (χ1v) is 12.2. The molecule has 0 amide bonds. The second-order valence-electron chi connectivity index (χ2n) is 8.68. The van der Waals surface area contributed by atoms with Crippen LogP contribution < -0.4 is 24.8 Å². The second kappa shape index (κ2) is 9.66. The summed E-state index contributed by atoms with van der Waals surface area (Å²) in [5, 5.41) is 7.20. The largest absolute Gasteiger partial charge is 0.493 e. The van der Waals surface area contributed by atoms with Crippen LogP contribution in [0.1, 0.15) is 29.5 Å². The van der Waals surface area contributed by atoms with Gasteiger partial charge in [-0.25, -0.2) is 0 Å². The molecule has 3 atom stereocenters. The third-order valence-corrected chi connectivity index (χ3v) is 7.15. The van der Waals surface area contributed by atoms with Crippen LogP contribution in [0.3, 0.4) is 0 Å². The molecule has 0 saturated carbocycles. The van der Waals surface area contributed by atoms with Crippen molar-refractivity contribution in [1.29, 1.82) is 0 Å². The lowest BCUT2D eigenvalue weighted by atomic mass is 9.76. The van der Waals surface area contributed by atoms with Crippen LogP contribution in [0.4, 0.5) is 11.4 Å². The van der Waals surface area contributed by atoms with E-state index < -0.39 is 0 Å². The van der Waals surface area contributed by atoms with E-state index in [2.05, 4.69) is 44.8 Å². The van der Waals surface area contributed by atoms with Crippen LogP contribution >= 0.6 is 15.9 Å². The van der Waals surface area contributed by atoms with Gasteiger partial charge in [0.15, 0.2) is 11.5 Å². The topological polar surface area (TPSA) is 68.8 Å². The van der Waals surface area contributed by atoms with Crippen LogP contribution in [0.15, 0.2) is 76.9 Å². The Hall–Kier alpha value is -3.45. The minimum absolute atomic E-state index is 0.136. The summed E-state index contributed by atoms with van der Waals surface area (Å²) >= 11 is 3.59. The lowest BCUT2D eigenvalue weighted by molar-refractivity contribution is -0.122. The van der Waals surface area contributed by atoms with Gasteiger partial charge in [0.25, 0.3) is 0 Å². The molecular formula is C28H27BrN2O4. The first kappa shape index (κ1) is 23.3. The number of hydrogen-bond donors (Lipinski definition) is 2. The van der Waals surface area contributed by atoms with Crippen molar-refractivity contribution in [3.63, 3.8) is 0 Å². The van der Waals surface area contributed by atoms with Gasteiger partial charge >= 0.3 is 0 Å². The normalized spacial score (nSPS) is 20.9. The number of carbonyl (C=O) groups is 1. The summed E-state index contributed by atoms with van der Waals surface area (Å²) in [6, 6.07) is 19.8. The number of methoxy groups -OCH3 is 3. The number of anilines is 2. The number of rotatable bonds is 5. The van der Waals surface area contributed by atoms with E-state index in [1.54, 1.807) is 21.3 Å². The van der Waals surface area contributed by atoms with Gasteiger partial charge in [0.05, 0.1) is 44.7 Å². The fourth-order valence-corrected chi connectivity index (χ4v) is 5.43. The number of benzene rings is 3. The number of ketones is 1. The van der Waals surface area contributed by atoms with Crippen LogP contribution in [0.25, 0.3) is 0 Å². The minimum Gasteiger partial charge on any atom is -0.493 e. The quantitative estimate of drug-likeness (QED) is 0.399. The zero-order valence-electron chi connectivity index (χ0n) is 19.8. The van der Waals surface area contributed by atoms with E-state index in [9.17, 15) is 4.79 Å². The summed E-state index contributed by atoms with van der Waals surface area (Å²) in [4.78, 5) is 13.8. The zero-order chi connectivity index (χ0) is 24.5. The highest BCUT2D eigenvalue weighted by atomic mass is 79.9. The molecule has 3 aromatic rings. The van der Waals surface area contributed by atoms with Gasteiger partial charge in [0.2, 0.25) is 5.75 Å². The van der Waals surface area contributed by atoms with Crippen molar-refractivity contribution in [2.24, 2.45) is 5.92 Å². The van der Waals surface area contributed by atoms with E-state index >= 15 is 0 Å². The maximum atomic E-state index is 13.8. The van der Waals surface area contributed by atoms with E-state index in [0.29, 0.717) is 23.7 Å². The predicted octanol–water partition coefficient (Wildman–Crippen LogP) is 6.31. The van der Waals surface area contributed by atoms with E-state index in [-0.39, 0.29) is 23.7 Å². The Bertz CT molecular complexity index is 1280. The molecule has 180 valence electrons. The Balaban J connectivity index is 1.62. The Morgan fingerprint density at radius 2 is 1.57 bits per heavy atom. The number of allylic oxidation sites excluding steroid dienone is 1. The summed E-state index contributed by atoms with van der Waals surface area (Å²) in [7, 11) is 4.78. The van der Waals surface area contributed by atoms with Gasteiger partial charge in [-0.3, -0.25) is 4.79 Å². The lowest BCUT2D eigenvalue weighted by Gasteiger charge is -2.32. The average molecular weight is 535 g/mol. The number of para-hydroxylation sites is 2. The number of hydrogen-bond acceptors (Lipinski definition) is 6. The number of carbonyl (C=O) groups excluding carboxylic acids is 1. The Kier molecular flexibility index (Phi) is 6.43. The fourth-order valence-electron chi connectivity index (χ4n) is 5.01. The summed E-state index contributed by atoms with van der Waals surface area (Å²) in [6.07, 6.45) is 2.54. The number of halogens is 1. The summed E-state index contributed by atoms with van der Waals surface area (Å²) in [6.45, 7) is 0. The van der Waals surface area contributed by atoms with Crippen molar-refractivity contribution in [3.05, 3.63) is 88.0 Å². The van der Waals surface area contributed by atoms with E-state index in [4.69, 9.17) is 14.2 Å². The number of nitrogens with one attached hydrogen (secondary N) is 2. The van der Waals surface area contributed by atoms with Gasteiger partial charge in [0.1, 0.15) is 5.78 Å². The Labute approximate surface area is 213 Å². The van der Waals surface area contributed by atoms with E-state index in [1.165, 1.54) is 0 Å². The smallest absolute Gasteiger partial charge is 0.203 e. The third-order valence-electron chi connectivity index (χ3n) is 6.66. The van der Waals surface area contributed by atoms with Gasteiger partial charge in [-0.1, -0.05) is 46.3 Å². The highest BCUT2D eigenvalue weighted by Gasteiger charge is 2.40. The molecule has 0 fully saturated rings. The zero-order valence-corrected chi connectivity index (χ0v) is 21.4. The maximum Gasteiger partial charge on any atom is 0.203 e. The van der Waals surface area contributed by atoms with Gasteiger partial charge in [0, 0.05) is 22.5 Å². The molecule has 6 nitrogen and oxygen atoms in total. The molecule has 2 aliphatic rings. The van der Waals surface area contributed by atoms with Crippen LogP contribution in [0, 0.1) is 5.92 Å². The molecule has 1 heterocycles. The molecule has 2 N–H and O–H groups in total. The predicted molar refractivity (Wildman–Crippen MR) is 141 cm³/mol. The summed E-state index contributed by atoms with van der Waals surface area (Å²) in [5.74, 6) is 1.36. The SMILES string of the molecule is COc1cc(C2C=C3Nc4ccccc4NC(c4cccc(Br)c4)C3C(=O)C2)cc(OC)c1OC. The summed E-state index contributed by atoms with van der Waals surface area (Å²) in [5.41, 5.74) is 4.78. The van der Waals surface area contributed by atoms with Gasteiger partial charge in [-0.05, 0) is 47.5 Å². The van der Waals surface area contributed by atoms with E-state index in [0.717, 1.165) is 32.7 Å². The molecule has 0 saturated heterocycles. The molecule has 35 heavy (non-hydrogen) atoms. The van der Waals surface area contributed by atoms with Crippen LogP contribution in [0.2, 0.25) is 0 Å². The lowest BCUT2D eigenvalue weighted by Crippen LogP contribution is -2.33. The number of ether oxygens (including phenoxy) is 3. The maximum absolute atomic E-state index is 13.8. The summed E-state index contributed by atoms with van der Waals surface area (Å²) < 4.78 is 17.6. The van der Waals surface area contributed by atoms with Gasteiger partial charge < -0.3 is 24.8 Å². The molecule has 3 aromatic carbocycles. The van der Waals surface area contributed by atoms with Crippen LogP contribution in [-0.4, -0.2) is 27.1 Å². The second-order valence-corrected chi connectivity index (χ2v) is 9.60. The van der Waals surface area contributed by atoms with Crippen molar-refractivity contribution >= 4 is 33.1 Å². The van der Waals surface area contributed by atoms with E-state index in [1.807, 2.05) is 48.5 Å². The Morgan fingerprint density at radius 1 is 0.857 bits per heavy atom. The van der Waals surface area contributed by atoms with Crippen molar-refractivity contribution in [2.45, 2.75) is 18.4 Å². The average Bonchev–Trinajstić information content (AvgIpc) is 3.04. The molecule has 1 aliphatic heterocycles. The van der Waals surface area contributed by atoms with Gasteiger partial charge in [-0.15, -0.1) is 0 Å². The standard InChI is InChI=1S/C28H27BrN2O4/c1-33-24-14-18(15-25(34-2)28(24)35-3)17-12-22-26(23(32)13-17)27(16-7-6-8-19(29)11-16)31-21-10-5-4-9-20(21)30-22/h4-12,14-15,17,26-27,30-31H,13H2,1-3H3. The van der Waals surface area contributed by atoms with Crippen LogP contribution in [0.5, 0.6) is 17.2 Å². The minimum atomic E-state index is -0.352. The molecule has 0 aromatic heterocycles. The van der Waals surface area contributed by atoms with Crippen molar-refractivity contribution in [2.75, 3.05) is 32.0 Å². The molecule has 3 unspecified atom stereocenters. The molecule has 0 bridgehead atoms. The number of fused-ring (bicyclic) bond motifs is 2. The van der Waals surface area contributed by atoms with Crippen molar-refractivity contribution < 1.29 is 19.0 Å². The fraction of sp³-hybridized carbons (Fsp3) is 0.250. The Morgan fingerprint density at radius 3 is 2.23 bits per heavy atom. The third kappa shape index (κ3) is 4.36. The first-order chi connectivity index (χ1) is 17.0. The molecular weight excluding hydrogens is 508 g/mol. The molecule has 1 aliphatic carbocycles. The van der Waals surface area contributed by atoms with Crippen molar-refractivity contribution in [1.82, 2.24) is 0 Å².